The Labute approximate surface area is 736 Å². The number of aliphatic imine (C=N–C) groups is 4. The van der Waals surface area contributed by atoms with Crippen LogP contribution in [0.3, 0.4) is 0 Å². The Morgan fingerprint density at radius 3 is 0.912 bits per heavy atom. The van der Waals surface area contributed by atoms with Crippen molar-refractivity contribution in [1.82, 2.24) is 39.1 Å². The maximum atomic E-state index is 12.5. The van der Waals surface area contributed by atoms with Gasteiger partial charge in [-0.15, -0.1) is 11.3 Å². The minimum Gasteiger partial charge on any atom is -0.504 e. The van der Waals surface area contributed by atoms with Crippen LogP contribution in [0.4, 0.5) is 17.1 Å². The Balaban J connectivity index is 0.000000189. The molecule has 0 bridgehead atoms. The number of nitro groups is 3. The smallest absolute Gasteiger partial charge is 0.345 e. The molecule has 5 aromatic heterocycles. The average molecular weight is 1820 g/mol. The zero-order chi connectivity index (χ0) is 91.9. The van der Waals surface area contributed by atoms with Gasteiger partial charge in [0.15, 0.2) is 40.3 Å². The molecule has 8 N–H and O–H groups in total. The third-order valence-electron chi connectivity index (χ3n) is 18.3. The fourth-order valence-electron chi connectivity index (χ4n) is 12.1. The average Bonchev–Trinajstić information content (AvgIpc) is 1.66. The second kappa shape index (κ2) is 41.2. The largest absolute Gasteiger partial charge is 0.504 e. The van der Waals surface area contributed by atoms with E-state index in [9.17, 15) is 84.3 Å². The van der Waals surface area contributed by atoms with Crippen LogP contribution in [0.5, 0.6) is 23.0 Å². The number of aromatic nitrogens is 8. The number of benzene rings is 7. The molecular weight excluding hydrogens is 1750 g/mol. The summed E-state index contributed by atoms with van der Waals surface area (Å²) in [5.41, 5.74) is 4.28. The molecule has 12 rings (SSSR count). The number of carbonyl (C=O) groups excluding carboxylic acids is 3. The number of carboxylic acid groups (broad SMARTS) is 4. The predicted octanol–water partition coefficient (Wildman–Crippen LogP) is 15.9. The molecule has 125 heavy (non-hydrogen) atoms. The third-order valence-corrected chi connectivity index (χ3v) is 20.7. The van der Waals surface area contributed by atoms with Gasteiger partial charge in [-0.3, -0.25) is 83.4 Å². The summed E-state index contributed by atoms with van der Waals surface area (Å²) in [7, 11) is 6.70. The second-order valence-corrected chi connectivity index (χ2v) is 30.2. The number of Topliss-reactive ketones (excluding diaryl/α,β-unsaturated/α-hetero) is 3. The number of aromatic carboxylic acids is 4. The molecule has 0 atom stereocenters. The fourth-order valence-corrected chi connectivity index (χ4v) is 13.6. The van der Waals surface area contributed by atoms with Crippen molar-refractivity contribution in [2.24, 2.45) is 48.2 Å². The highest BCUT2D eigenvalue weighted by Gasteiger charge is 2.29. The van der Waals surface area contributed by atoms with Crippen LogP contribution >= 0.6 is 70.0 Å². The van der Waals surface area contributed by atoms with Crippen molar-refractivity contribution in [3.05, 3.63) is 280 Å². The number of nitrogens with zero attached hydrogens (tertiary/aromatic N) is 15. The van der Waals surface area contributed by atoms with E-state index in [2.05, 4.69) is 40.4 Å². The van der Waals surface area contributed by atoms with Gasteiger partial charge in [0, 0.05) is 111 Å². The first-order chi connectivity index (χ1) is 59.0. The summed E-state index contributed by atoms with van der Waals surface area (Å²) in [6.07, 6.45) is 0.205. The number of aryl methyl sites for hydroxylation is 4. The molecule has 0 spiro atoms. The number of rotatable bonds is 28. The molecule has 0 aliphatic carbocycles. The first kappa shape index (κ1) is 94.2. The monoisotopic (exact) mass is 1820 g/mol. The van der Waals surface area contributed by atoms with Gasteiger partial charge in [-0.1, -0.05) is 113 Å². The quantitative estimate of drug-likeness (QED) is 0.00742. The Bertz CT molecular complexity index is 6240. The molecule has 7 aromatic carbocycles. The van der Waals surface area contributed by atoms with Gasteiger partial charge in [0.05, 0.1) is 49.0 Å². The molecule has 42 heteroatoms. The van der Waals surface area contributed by atoms with Crippen LogP contribution in [-0.4, -0.2) is 190 Å². The predicted molar refractivity (Wildman–Crippen MR) is 470 cm³/mol. The number of thiocarbonyl (C=S) groups is 1. The molecule has 0 aliphatic heterocycles. The molecule has 36 nitrogen and oxygen atoms in total. The van der Waals surface area contributed by atoms with Crippen molar-refractivity contribution in [3.8, 4) is 68.0 Å². The molecule has 0 fully saturated rings. The molecule has 0 radical (unpaired) electrons. The van der Waals surface area contributed by atoms with Crippen molar-refractivity contribution >= 4 is 156 Å². The Kier molecular flexibility index (Phi) is 31.1. The number of carboxylic acids is 4. The van der Waals surface area contributed by atoms with Crippen molar-refractivity contribution in [1.29, 1.82) is 0 Å². The lowest BCUT2D eigenvalue weighted by molar-refractivity contribution is -0.385. The molecule has 0 aliphatic rings. The summed E-state index contributed by atoms with van der Waals surface area (Å²) in [5.74, 6) is -7.09. The number of hydrogen-bond donors (Lipinski definition) is 8. The van der Waals surface area contributed by atoms with Crippen molar-refractivity contribution in [3.63, 3.8) is 0 Å². The van der Waals surface area contributed by atoms with Gasteiger partial charge in [0.1, 0.15) is 86.8 Å². The van der Waals surface area contributed by atoms with E-state index in [1.54, 1.807) is 158 Å². The van der Waals surface area contributed by atoms with Crippen LogP contribution in [0.25, 0.3) is 45.0 Å². The second-order valence-electron chi connectivity index (χ2n) is 26.8. The van der Waals surface area contributed by atoms with Crippen LogP contribution in [0, 0.1) is 30.3 Å². The first-order valence-electron chi connectivity index (χ1n) is 36.2. The highest BCUT2D eigenvalue weighted by molar-refractivity contribution is 7.80. The highest BCUT2D eigenvalue weighted by Crippen LogP contribution is 2.38. The van der Waals surface area contributed by atoms with E-state index >= 15 is 0 Å². The summed E-state index contributed by atoms with van der Waals surface area (Å²) in [5, 5.41) is 132. The lowest BCUT2D eigenvalue weighted by Gasteiger charge is -2.05. The maximum Gasteiger partial charge on any atom is 0.345 e. The zero-order valence-electron chi connectivity index (χ0n) is 66.5. The highest BCUT2D eigenvalue weighted by atomic mass is 35.5. The first-order valence-corrected chi connectivity index (χ1v) is 38.9. The normalized spacial score (nSPS) is 11.5. The van der Waals surface area contributed by atoms with Crippen LogP contribution in [0.2, 0.25) is 20.1 Å². The molecule has 12 aromatic rings. The SMILES string of the molecule is CC(=NCC(=O)c1ccc(C(=O)O)c([N+](=O)[O-])c1)c1nn(C)c(-c2ccc(Cl)cc2)c1O.CC(=NCC(=O)c1ccc(C(=O)O)c([N+](=O)[O-])c1)c1nn(C)c(-c2ccc(Cl)cc2)c1O.CC(=NCC(=O)c1ccc(C(=O)O)s1)c1nn(C)c(-c2ccc(Cl)cc2)c1O.CC(=NCC(=S)Cc1ccc(C(=O)O)c([N+](=O)[O-])c1)c1nn(C)c(-c2ccc(Cl)cc2)c1O. The Morgan fingerprint density at radius 1 is 0.376 bits per heavy atom. The number of carbonyl (C=O) groups is 7. The van der Waals surface area contributed by atoms with Crippen molar-refractivity contribution in [2.75, 3.05) is 26.2 Å². The third kappa shape index (κ3) is 23.1. The van der Waals surface area contributed by atoms with Gasteiger partial charge >= 0.3 is 23.9 Å². The molecule has 642 valence electrons. The van der Waals surface area contributed by atoms with Crippen LogP contribution in [-0.2, 0) is 34.6 Å². The van der Waals surface area contributed by atoms with E-state index in [-0.39, 0.29) is 111 Å². The zero-order valence-corrected chi connectivity index (χ0v) is 71.2. The van der Waals surface area contributed by atoms with Crippen LogP contribution < -0.4 is 0 Å². The summed E-state index contributed by atoms with van der Waals surface area (Å²) in [6.45, 7) is 5.69. The molecule has 5 heterocycles. The standard InChI is InChI=1S/C22H19ClN4O5S.2C21H17ClN4O6.C19H16ClN3O4S/c1-12(19-21(28)20(26(2)25-19)14-4-6-15(23)7-5-14)24-11-16(33)9-13-3-8-17(22(29)30)18(10-13)27(31)32;2*1-11(18-20(28)19(25(2)24-18)12-3-6-14(22)7-4-12)23-10-17(27)13-5-8-15(21(29)30)16(9-13)26(31)32;1-10(21-9-13(24)14-7-8-15(28-14)19(26)27)16-18(25)17(23(2)22-16)11-3-5-12(20)6-4-11/h3-8,10,28H,9,11H2,1-2H3,(H,29,30);2*3-9,28H,10H2,1-2H3,(H,29,30);3-8,25H,9H2,1-2H3,(H,26,27). The molecule has 0 amide bonds. The molecule has 0 unspecified atom stereocenters. The molecule has 0 saturated heterocycles. The molecular formula is C83H69Cl4N15O21S2. The van der Waals surface area contributed by atoms with Gasteiger partial charge in [-0.25, -0.2) is 19.2 Å². The summed E-state index contributed by atoms with van der Waals surface area (Å²) >= 11 is 29.9. The number of nitro benzene ring substituents is 3. The fraction of sp³-hybridized carbons (Fsp3) is 0.157. The lowest BCUT2D eigenvalue weighted by Crippen LogP contribution is -2.09. The minimum atomic E-state index is -1.47. The van der Waals surface area contributed by atoms with Crippen molar-refractivity contribution < 1.29 is 89.2 Å². The number of hydrogen-bond acceptors (Lipinski definition) is 27. The van der Waals surface area contributed by atoms with E-state index in [0.29, 0.717) is 86.4 Å². The van der Waals surface area contributed by atoms with E-state index in [1.165, 1.54) is 56.5 Å². The van der Waals surface area contributed by atoms with E-state index < -0.39 is 78.4 Å². The van der Waals surface area contributed by atoms with Crippen LogP contribution in [0.1, 0.15) is 127 Å². The lowest BCUT2D eigenvalue weighted by atomic mass is 10.1. The Hall–Kier alpha value is -14.7. The number of aromatic hydroxyl groups is 4. The van der Waals surface area contributed by atoms with Gasteiger partial charge in [0.2, 0.25) is 0 Å². The van der Waals surface area contributed by atoms with Crippen molar-refractivity contribution in [2.45, 2.75) is 34.1 Å². The number of ketones is 3. The van der Waals surface area contributed by atoms with E-state index in [4.69, 9.17) is 79.0 Å². The maximum absolute atomic E-state index is 12.5. The summed E-state index contributed by atoms with van der Waals surface area (Å²) in [4.78, 5) is 130. The summed E-state index contributed by atoms with van der Waals surface area (Å²) < 4.78 is 6.03. The topological polar surface area (TPSA) is 531 Å². The van der Waals surface area contributed by atoms with Gasteiger partial charge in [-0.2, -0.15) is 20.4 Å². The molecule has 0 saturated carbocycles. The van der Waals surface area contributed by atoms with Gasteiger partial charge in [0.25, 0.3) is 17.1 Å². The van der Waals surface area contributed by atoms with Gasteiger partial charge in [-0.05, 0) is 124 Å². The van der Waals surface area contributed by atoms with Crippen LogP contribution in [0.15, 0.2) is 184 Å². The Morgan fingerprint density at radius 2 is 0.640 bits per heavy atom. The van der Waals surface area contributed by atoms with Gasteiger partial charge < -0.3 is 40.9 Å². The van der Waals surface area contributed by atoms with E-state index in [1.807, 2.05) is 0 Å². The summed E-state index contributed by atoms with van der Waals surface area (Å²) in [6, 6.07) is 40.6. The number of halogens is 4. The van der Waals surface area contributed by atoms with E-state index in [0.717, 1.165) is 46.7 Å². The minimum absolute atomic E-state index is 0.0214. The number of thiophene rings is 1.